The molecule has 58 valence electrons. The van der Waals surface area contributed by atoms with Gasteiger partial charge in [-0.15, -0.1) is 11.6 Å². The van der Waals surface area contributed by atoms with Crippen molar-refractivity contribution < 1.29 is 19.4 Å². The van der Waals surface area contributed by atoms with Gasteiger partial charge in [-0.05, 0) is 0 Å². The number of rotatable bonds is 4. The minimum absolute atomic E-state index is 0.0632. The fraction of sp³-hybridized carbons (Fsp3) is 0.600. The second kappa shape index (κ2) is 5.05. The first kappa shape index (κ1) is 9.23. The van der Waals surface area contributed by atoms with Crippen LogP contribution in [-0.4, -0.2) is 29.5 Å². The van der Waals surface area contributed by atoms with E-state index >= 15 is 0 Å². The maximum atomic E-state index is 10.4. The second-order valence-electron chi connectivity index (χ2n) is 1.48. The molecule has 0 aromatic carbocycles. The van der Waals surface area contributed by atoms with Crippen LogP contribution in [0.5, 0.6) is 0 Å². The van der Waals surface area contributed by atoms with Gasteiger partial charge in [0.15, 0.2) is 0 Å². The summed E-state index contributed by atoms with van der Waals surface area (Å²) in [5.74, 6) is -1.77. The minimum Gasteiger partial charge on any atom is -0.481 e. The molecular weight excluding hydrogens is 160 g/mol. The van der Waals surface area contributed by atoms with Gasteiger partial charge in [-0.2, -0.15) is 0 Å². The largest absolute Gasteiger partial charge is 0.481 e. The summed E-state index contributed by atoms with van der Waals surface area (Å²) in [6.07, 6.45) is -0.600. The highest BCUT2D eigenvalue weighted by atomic mass is 35.5. The molecule has 0 atom stereocenters. The molecule has 0 aromatic heterocycles. The van der Waals surface area contributed by atoms with Crippen LogP contribution in [0.2, 0.25) is 0 Å². The summed E-state index contributed by atoms with van der Waals surface area (Å²) in [5.41, 5.74) is 0. The van der Waals surface area contributed by atoms with Crippen LogP contribution in [0.15, 0.2) is 0 Å². The zero-order valence-corrected chi connectivity index (χ0v) is 5.93. The number of aliphatic carboxylic acids is 1. The lowest BCUT2D eigenvalue weighted by atomic mass is 10.4. The van der Waals surface area contributed by atoms with Crippen molar-refractivity contribution in [3.63, 3.8) is 0 Å². The van der Waals surface area contributed by atoms with Gasteiger partial charge < -0.3 is 9.84 Å². The lowest BCUT2D eigenvalue weighted by molar-refractivity contribution is -0.150. The second-order valence-corrected chi connectivity index (χ2v) is 1.86. The molecule has 0 amide bonds. The minimum atomic E-state index is -1.19. The SMILES string of the molecule is O=C(O)CC(=O)OCCCl. The van der Waals surface area contributed by atoms with Gasteiger partial charge >= 0.3 is 11.9 Å². The van der Waals surface area contributed by atoms with Crippen LogP contribution >= 0.6 is 11.6 Å². The highest BCUT2D eigenvalue weighted by Gasteiger charge is 2.07. The van der Waals surface area contributed by atoms with Crippen LogP contribution < -0.4 is 0 Å². The molecule has 5 heteroatoms. The monoisotopic (exact) mass is 166 g/mol. The molecule has 0 rings (SSSR count). The number of ether oxygens (including phenoxy) is 1. The number of esters is 1. The first-order valence-electron chi connectivity index (χ1n) is 2.60. The fourth-order valence-electron chi connectivity index (χ4n) is 0.327. The van der Waals surface area contributed by atoms with E-state index in [4.69, 9.17) is 16.7 Å². The van der Waals surface area contributed by atoms with Crippen LogP contribution in [0.4, 0.5) is 0 Å². The number of carbonyl (C=O) groups excluding carboxylic acids is 1. The van der Waals surface area contributed by atoms with Crippen molar-refractivity contribution in [1.82, 2.24) is 0 Å². The van der Waals surface area contributed by atoms with Crippen molar-refractivity contribution in [3.05, 3.63) is 0 Å². The Morgan fingerprint density at radius 3 is 2.50 bits per heavy atom. The van der Waals surface area contributed by atoms with Crippen LogP contribution in [0.3, 0.4) is 0 Å². The van der Waals surface area contributed by atoms with Gasteiger partial charge in [0.1, 0.15) is 13.0 Å². The van der Waals surface area contributed by atoms with Gasteiger partial charge in [-0.25, -0.2) is 0 Å². The van der Waals surface area contributed by atoms with Gasteiger partial charge in [0.25, 0.3) is 0 Å². The third kappa shape index (κ3) is 5.37. The number of hydrogen-bond acceptors (Lipinski definition) is 3. The molecule has 0 radical (unpaired) electrons. The van der Waals surface area contributed by atoms with E-state index in [1.807, 2.05) is 0 Å². The summed E-state index contributed by atoms with van der Waals surface area (Å²) in [4.78, 5) is 20.2. The lowest BCUT2D eigenvalue weighted by Gasteiger charge is -1.97. The molecule has 0 aliphatic rings. The first-order valence-corrected chi connectivity index (χ1v) is 3.13. The molecule has 0 bridgehead atoms. The Kier molecular flexibility index (Phi) is 4.66. The Labute approximate surface area is 62.7 Å². The fourth-order valence-corrected chi connectivity index (χ4v) is 0.404. The van der Waals surface area contributed by atoms with Crippen molar-refractivity contribution in [1.29, 1.82) is 0 Å². The topological polar surface area (TPSA) is 63.6 Å². The molecule has 0 aliphatic carbocycles. The van der Waals surface area contributed by atoms with Gasteiger partial charge in [-0.1, -0.05) is 0 Å². The number of hydrogen-bond donors (Lipinski definition) is 1. The number of alkyl halides is 1. The predicted molar refractivity (Wildman–Crippen MR) is 33.9 cm³/mol. The van der Waals surface area contributed by atoms with Crippen LogP contribution in [-0.2, 0) is 14.3 Å². The van der Waals surface area contributed by atoms with Gasteiger partial charge in [0, 0.05) is 0 Å². The summed E-state index contributed by atoms with van der Waals surface area (Å²) in [6, 6.07) is 0. The van der Waals surface area contributed by atoms with E-state index in [2.05, 4.69) is 4.74 Å². The van der Waals surface area contributed by atoms with Crippen LogP contribution in [0.25, 0.3) is 0 Å². The molecule has 0 heterocycles. The average molecular weight is 167 g/mol. The molecule has 0 unspecified atom stereocenters. The maximum absolute atomic E-state index is 10.4. The summed E-state index contributed by atoms with van der Waals surface area (Å²) in [6.45, 7) is 0.0632. The number of carboxylic acid groups (broad SMARTS) is 1. The maximum Gasteiger partial charge on any atom is 0.317 e. The molecule has 0 spiro atoms. The van der Waals surface area contributed by atoms with Crippen LogP contribution in [0, 0.1) is 0 Å². The zero-order chi connectivity index (χ0) is 7.98. The normalized spacial score (nSPS) is 8.90. The highest BCUT2D eigenvalue weighted by molar-refractivity contribution is 6.18. The molecule has 0 saturated heterocycles. The zero-order valence-electron chi connectivity index (χ0n) is 5.17. The molecule has 1 N–H and O–H groups in total. The van der Waals surface area contributed by atoms with Gasteiger partial charge in [-0.3, -0.25) is 9.59 Å². The lowest BCUT2D eigenvalue weighted by Crippen LogP contribution is -2.11. The van der Waals surface area contributed by atoms with E-state index in [0.717, 1.165) is 0 Å². The highest BCUT2D eigenvalue weighted by Crippen LogP contribution is 1.86. The van der Waals surface area contributed by atoms with Crippen molar-refractivity contribution in [2.45, 2.75) is 6.42 Å². The number of carbonyl (C=O) groups is 2. The molecule has 0 aromatic rings. The van der Waals surface area contributed by atoms with E-state index in [9.17, 15) is 9.59 Å². The Balaban J connectivity index is 3.35. The molecule has 0 saturated carbocycles. The summed E-state index contributed by atoms with van der Waals surface area (Å²) in [5, 5.41) is 8.05. The van der Waals surface area contributed by atoms with E-state index in [1.54, 1.807) is 0 Å². The van der Waals surface area contributed by atoms with E-state index in [1.165, 1.54) is 0 Å². The summed E-state index contributed by atoms with van der Waals surface area (Å²) >= 11 is 5.16. The Bertz CT molecular complexity index is 134. The van der Waals surface area contributed by atoms with Crippen molar-refractivity contribution in [2.24, 2.45) is 0 Å². The molecular formula is C5H7ClO4. The third-order valence-corrected chi connectivity index (χ3v) is 0.790. The Morgan fingerprint density at radius 2 is 2.10 bits per heavy atom. The average Bonchev–Trinajstić information content (AvgIpc) is 1.82. The standard InChI is InChI=1S/C5H7ClO4/c6-1-2-10-5(9)3-4(7)8/h1-3H2,(H,7,8). The quantitative estimate of drug-likeness (QED) is 0.369. The predicted octanol–water partition coefficient (Wildman–Crippen LogP) is 0.243. The summed E-state index contributed by atoms with van der Waals surface area (Å²) < 4.78 is 4.35. The Hall–Kier alpha value is -0.770. The Morgan fingerprint density at radius 1 is 1.50 bits per heavy atom. The van der Waals surface area contributed by atoms with Crippen LogP contribution in [0.1, 0.15) is 6.42 Å². The van der Waals surface area contributed by atoms with Gasteiger partial charge in [0.05, 0.1) is 5.88 Å². The van der Waals surface area contributed by atoms with E-state index in [-0.39, 0.29) is 12.5 Å². The molecule has 0 fully saturated rings. The molecule has 4 nitrogen and oxygen atoms in total. The smallest absolute Gasteiger partial charge is 0.317 e. The molecule has 10 heavy (non-hydrogen) atoms. The molecule has 0 aliphatic heterocycles. The number of carboxylic acids is 1. The third-order valence-electron chi connectivity index (χ3n) is 0.636. The first-order chi connectivity index (χ1) is 4.66. The van der Waals surface area contributed by atoms with Crippen molar-refractivity contribution >= 4 is 23.5 Å². The van der Waals surface area contributed by atoms with Crippen molar-refractivity contribution in [2.75, 3.05) is 12.5 Å². The van der Waals surface area contributed by atoms with Crippen molar-refractivity contribution in [3.8, 4) is 0 Å². The number of halogens is 1. The summed E-state index contributed by atoms with van der Waals surface area (Å²) in [7, 11) is 0. The van der Waals surface area contributed by atoms with Gasteiger partial charge in [0.2, 0.25) is 0 Å². The van der Waals surface area contributed by atoms with E-state index in [0.29, 0.717) is 0 Å². The van der Waals surface area contributed by atoms with E-state index < -0.39 is 18.4 Å².